The molecule has 0 N–H and O–H groups in total. The van der Waals surface area contributed by atoms with Crippen LogP contribution in [-0.2, 0) is 9.59 Å². The third-order valence-corrected chi connectivity index (χ3v) is 3.75. The lowest BCUT2D eigenvalue weighted by molar-refractivity contribution is -0.138. The summed E-state index contributed by atoms with van der Waals surface area (Å²) in [5.74, 6) is -0.258. The van der Waals surface area contributed by atoms with Crippen molar-refractivity contribution in [2.75, 3.05) is 0 Å². The molecule has 54 valence electrons. The maximum absolute atomic E-state index is 11.0. The highest BCUT2D eigenvalue weighted by Gasteiger charge is 2.52. The van der Waals surface area contributed by atoms with E-state index in [1.165, 1.54) is 0 Å². The number of hydrogen-bond acceptors (Lipinski definition) is 2. The van der Waals surface area contributed by atoms with Crippen LogP contribution in [0.5, 0.6) is 0 Å². The van der Waals surface area contributed by atoms with Crippen molar-refractivity contribution in [2.45, 2.75) is 17.7 Å². The van der Waals surface area contributed by atoms with Crippen LogP contribution < -0.4 is 0 Å². The van der Waals surface area contributed by atoms with E-state index < -0.39 is 0 Å². The summed E-state index contributed by atoms with van der Waals surface area (Å²) in [6.45, 7) is 0. The highest BCUT2D eigenvalue weighted by atomic mass is 79.9. The molecule has 2 fully saturated rings. The van der Waals surface area contributed by atoms with Crippen molar-refractivity contribution in [3.63, 3.8) is 0 Å². The molecule has 0 aromatic rings. The smallest absolute Gasteiger partial charge is 0.202 e. The van der Waals surface area contributed by atoms with Crippen molar-refractivity contribution in [1.82, 2.24) is 0 Å². The van der Waals surface area contributed by atoms with E-state index in [4.69, 9.17) is 0 Å². The number of hydrogen-bond donors (Lipinski definition) is 0. The van der Waals surface area contributed by atoms with Gasteiger partial charge in [-0.2, -0.15) is 0 Å². The Morgan fingerprint density at radius 1 is 1.10 bits per heavy atom. The fourth-order valence-corrected chi connectivity index (χ4v) is 2.88. The second kappa shape index (κ2) is 1.91. The zero-order chi connectivity index (χ0) is 7.30. The van der Waals surface area contributed by atoms with Gasteiger partial charge >= 0.3 is 0 Å². The molecule has 0 aromatic carbocycles. The Balaban J connectivity index is 2.38. The number of fused-ring (bicyclic) bond motifs is 2. The van der Waals surface area contributed by atoms with E-state index in [0.29, 0.717) is 0 Å². The van der Waals surface area contributed by atoms with E-state index in [1.807, 2.05) is 0 Å². The van der Waals surface area contributed by atoms with Crippen LogP contribution in [0.15, 0.2) is 0 Å². The summed E-state index contributed by atoms with van der Waals surface area (Å²) < 4.78 is 0. The van der Waals surface area contributed by atoms with Crippen LogP contribution in [0.2, 0.25) is 0 Å². The number of Topliss-reactive ketones (excluding diaryl/α,β-unsaturated/α-hetero) is 2. The van der Waals surface area contributed by atoms with Gasteiger partial charge in [0.15, 0.2) is 0 Å². The fourth-order valence-electron chi connectivity index (χ4n) is 1.87. The van der Waals surface area contributed by atoms with Crippen LogP contribution in [0.4, 0.5) is 0 Å². The second-order valence-electron chi connectivity index (χ2n) is 2.96. The molecular weight excluding hydrogens is 196 g/mol. The van der Waals surface area contributed by atoms with Gasteiger partial charge in [0, 0.05) is 16.7 Å². The number of carbonyl (C=O) groups is 2. The minimum absolute atomic E-state index is 0.0116. The summed E-state index contributed by atoms with van der Waals surface area (Å²) in [5, 5.41) is 0. The Kier molecular flexibility index (Phi) is 1.24. The quantitative estimate of drug-likeness (QED) is 0.433. The number of halogens is 1. The molecule has 0 heterocycles. The van der Waals surface area contributed by atoms with Gasteiger partial charge in [0.25, 0.3) is 0 Å². The summed E-state index contributed by atoms with van der Waals surface area (Å²) in [5.41, 5.74) is 0. The van der Waals surface area contributed by atoms with Gasteiger partial charge in [-0.05, 0) is 12.8 Å². The molecule has 2 nitrogen and oxygen atoms in total. The summed E-state index contributed by atoms with van der Waals surface area (Å²) >= 11 is 3.37. The highest BCUT2D eigenvalue weighted by molar-refractivity contribution is 9.09. The lowest BCUT2D eigenvalue weighted by Gasteiger charge is -2.03. The van der Waals surface area contributed by atoms with E-state index in [9.17, 15) is 9.59 Å². The lowest BCUT2D eigenvalue weighted by atomic mass is 9.98. The number of ketones is 2. The first-order valence-corrected chi connectivity index (χ1v) is 4.35. The molecule has 2 aliphatic carbocycles. The van der Waals surface area contributed by atoms with E-state index in [0.717, 1.165) is 12.8 Å². The van der Waals surface area contributed by atoms with Crippen molar-refractivity contribution >= 4 is 27.5 Å². The first-order valence-electron chi connectivity index (χ1n) is 3.44. The molecular formula is C7H7BrO2. The molecule has 2 aliphatic rings. The molecule has 3 heteroatoms. The average molecular weight is 203 g/mol. The fraction of sp³-hybridized carbons (Fsp3) is 0.714. The maximum Gasteiger partial charge on any atom is 0.202 e. The zero-order valence-electron chi connectivity index (χ0n) is 5.34. The molecule has 10 heavy (non-hydrogen) atoms. The number of alkyl halides is 1. The van der Waals surface area contributed by atoms with Crippen molar-refractivity contribution < 1.29 is 9.59 Å². The average Bonchev–Trinajstić information content (AvgIpc) is 2.34. The van der Waals surface area contributed by atoms with Crippen molar-refractivity contribution in [3.8, 4) is 0 Å². The lowest BCUT2D eigenvalue weighted by Crippen LogP contribution is -2.20. The first kappa shape index (κ1) is 6.53. The molecule has 2 atom stereocenters. The summed E-state index contributed by atoms with van der Waals surface area (Å²) in [6, 6.07) is 0. The number of rotatable bonds is 0. The SMILES string of the molecule is O=C1C(=O)C2CCC1C2Br. The van der Waals surface area contributed by atoms with Gasteiger partial charge in [-0.25, -0.2) is 0 Å². The minimum atomic E-state index is -0.141. The molecule has 0 spiro atoms. The molecule has 2 rings (SSSR count). The van der Waals surface area contributed by atoms with Crippen molar-refractivity contribution in [1.29, 1.82) is 0 Å². The standard InChI is InChI=1S/C7H7BrO2/c8-5-3-1-2-4(5)7(10)6(3)9/h3-5H,1-2H2. The predicted octanol–water partition coefficient (Wildman–Crippen LogP) is 0.928. The van der Waals surface area contributed by atoms with Gasteiger partial charge in [-0.15, -0.1) is 0 Å². The topological polar surface area (TPSA) is 34.1 Å². The molecule has 0 aromatic heterocycles. The largest absolute Gasteiger partial charge is 0.291 e. The normalized spacial score (nSPS) is 45.1. The van der Waals surface area contributed by atoms with Crippen LogP contribution >= 0.6 is 15.9 Å². The van der Waals surface area contributed by atoms with Crippen LogP contribution in [0.1, 0.15) is 12.8 Å². The maximum atomic E-state index is 11.0. The van der Waals surface area contributed by atoms with Gasteiger partial charge in [-0.3, -0.25) is 9.59 Å². The Morgan fingerprint density at radius 2 is 1.50 bits per heavy atom. The van der Waals surface area contributed by atoms with Crippen LogP contribution in [-0.4, -0.2) is 16.4 Å². The third kappa shape index (κ3) is 0.590. The van der Waals surface area contributed by atoms with E-state index in [1.54, 1.807) is 0 Å². The third-order valence-electron chi connectivity index (χ3n) is 2.47. The van der Waals surface area contributed by atoms with E-state index in [-0.39, 0.29) is 28.2 Å². The van der Waals surface area contributed by atoms with Gasteiger partial charge in [0.05, 0.1) is 0 Å². The summed E-state index contributed by atoms with van der Waals surface area (Å²) in [7, 11) is 0. The minimum Gasteiger partial charge on any atom is -0.291 e. The van der Waals surface area contributed by atoms with Crippen molar-refractivity contribution in [3.05, 3.63) is 0 Å². The Morgan fingerprint density at radius 3 is 1.70 bits per heavy atom. The second-order valence-corrected chi connectivity index (χ2v) is 4.02. The Bertz CT molecular complexity index is 190. The van der Waals surface area contributed by atoms with Crippen LogP contribution in [0, 0.1) is 11.8 Å². The monoisotopic (exact) mass is 202 g/mol. The highest BCUT2D eigenvalue weighted by Crippen LogP contribution is 2.44. The number of carbonyl (C=O) groups excluding carboxylic acids is 2. The molecule has 0 saturated heterocycles. The molecule has 0 radical (unpaired) electrons. The van der Waals surface area contributed by atoms with Gasteiger partial charge in [0.1, 0.15) is 0 Å². The molecule has 2 bridgehead atoms. The van der Waals surface area contributed by atoms with E-state index >= 15 is 0 Å². The molecule has 0 aliphatic heterocycles. The van der Waals surface area contributed by atoms with Crippen molar-refractivity contribution in [2.24, 2.45) is 11.8 Å². The first-order chi connectivity index (χ1) is 4.72. The van der Waals surface area contributed by atoms with Crippen LogP contribution in [0.3, 0.4) is 0 Å². The molecule has 2 saturated carbocycles. The Hall–Kier alpha value is -0.180. The van der Waals surface area contributed by atoms with Gasteiger partial charge in [0.2, 0.25) is 11.6 Å². The summed E-state index contributed by atoms with van der Waals surface area (Å²) in [6.07, 6.45) is 1.82. The van der Waals surface area contributed by atoms with Gasteiger partial charge < -0.3 is 0 Å². The zero-order valence-corrected chi connectivity index (χ0v) is 6.93. The molecule has 0 amide bonds. The van der Waals surface area contributed by atoms with E-state index in [2.05, 4.69) is 15.9 Å². The Labute approximate surface area is 67.1 Å². The van der Waals surface area contributed by atoms with Gasteiger partial charge in [-0.1, -0.05) is 15.9 Å². The van der Waals surface area contributed by atoms with Crippen LogP contribution in [0.25, 0.3) is 0 Å². The summed E-state index contributed by atoms with van der Waals surface area (Å²) in [4.78, 5) is 22.2. The predicted molar refractivity (Wildman–Crippen MR) is 38.9 cm³/mol. The molecule has 2 unspecified atom stereocenters.